The van der Waals surface area contributed by atoms with Crippen LogP contribution >= 0.6 is 0 Å². The minimum Gasteiger partial charge on any atom is -0.241 e. The largest absolute Gasteiger partial charge is 0.241 e. The molecule has 1 aliphatic rings. The zero-order chi connectivity index (χ0) is 25.4. The Labute approximate surface area is 223 Å². The Balaban J connectivity index is 1.35. The maximum absolute atomic E-state index is 4.90. The molecule has 0 radical (unpaired) electrons. The minimum atomic E-state index is 0.879. The van der Waals surface area contributed by atoms with Crippen LogP contribution in [0.2, 0.25) is 0 Å². The molecule has 3 rings (SSSR count). The Bertz CT molecular complexity index is 833. The summed E-state index contributed by atoms with van der Waals surface area (Å²) >= 11 is 0. The molecule has 1 aliphatic carbocycles. The molecule has 0 atom stereocenters. The van der Waals surface area contributed by atoms with Gasteiger partial charge in [0, 0.05) is 23.9 Å². The first-order valence-corrected chi connectivity index (χ1v) is 15.6. The normalized spacial score (nSPS) is 18.0. The number of unbranched alkanes of at least 4 members (excludes halogenated alkanes) is 9. The summed E-state index contributed by atoms with van der Waals surface area (Å²) in [6.07, 6.45) is 28.0. The van der Waals surface area contributed by atoms with Gasteiger partial charge in [0.1, 0.15) is 5.82 Å². The molecule has 0 unspecified atom stereocenters. The molecular formula is C34H54N2. The van der Waals surface area contributed by atoms with Gasteiger partial charge in [-0.1, -0.05) is 134 Å². The Hall–Kier alpha value is -1.70. The van der Waals surface area contributed by atoms with Crippen LogP contribution in [0, 0.1) is 18.8 Å². The Morgan fingerprint density at radius 3 is 1.83 bits per heavy atom. The number of aryl methyl sites for hydroxylation is 3. The molecule has 1 aromatic carbocycles. The van der Waals surface area contributed by atoms with E-state index >= 15 is 0 Å². The van der Waals surface area contributed by atoms with Gasteiger partial charge in [-0.2, -0.15) is 0 Å². The van der Waals surface area contributed by atoms with E-state index in [1.807, 2.05) is 0 Å². The molecule has 1 saturated carbocycles. The molecule has 0 amide bonds. The third-order valence-electron chi connectivity index (χ3n) is 8.55. The number of rotatable bonds is 17. The first kappa shape index (κ1) is 28.9. The molecule has 36 heavy (non-hydrogen) atoms. The number of hydrogen-bond donors (Lipinski definition) is 0. The van der Waals surface area contributed by atoms with Crippen molar-refractivity contribution < 1.29 is 0 Å². The van der Waals surface area contributed by atoms with E-state index in [2.05, 4.69) is 51.2 Å². The van der Waals surface area contributed by atoms with Crippen LogP contribution in [0.15, 0.2) is 30.5 Å². The topological polar surface area (TPSA) is 25.8 Å². The standard InChI is InChI=1S/C34H54N2/c1-4-6-7-8-9-10-11-12-13-14-16-30-21-24-32(25-22-30)33-27-35-34(36-28(33)3)26-23-31-19-17-29(15-5-2)18-20-31/h21-22,24-25,27,29,31H,4-20,23,26H2,1-3H3/t29-,31-. The first-order valence-electron chi connectivity index (χ1n) is 15.6. The second-order valence-electron chi connectivity index (χ2n) is 11.6. The van der Waals surface area contributed by atoms with Crippen molar-refractivity contribution in [3.05, 3.63) is 47.5 Å². The van der Waals surface area contributed by atoms with Gasteiger partial charge in [-0.3, -0.25) is 0 Å². The quantitative estimate of drug-likeness (QED) is 0.206. The van der Waals surface area contributed by atoms with Crippen LogP contribution in [0.4, 0.5) is 0 Å². The number of aromatic nitrogens is 2. The van der Waals surface area contributed by atoms with Gasteiger partial charge in [0.2, 0.25) is 0 Å². The molecule has 1 fully saturated rings. The highest BCUT2D eigenvalue weighted by Gasteiger charge is 2.20. The average molecular weight is 491 g/mol. The first-order chi connectivity index (χ1) is 17.7. The van der Waals surface area contributed by atoms with Gasteiger partial charge >= 0.3 is 0 Å². The zero-order valence-electron chi connectivity index (χ0n) is 23.9. The van der Waals surface area contributed by atoms with E-state index in [1.54, 1.807) is 0 Å². The van der Waals surface area contributed by atoms with Crippen molar-refractivity contribution in [2.24, 2.45) is 11.8 Å². The predicted molar refractivity (Wildman–Crippen MR) is 156 cm³/mol. The molecule has 0 bridgehead atoms. The monoisotopic (exact) mass is 490 g/mol. The van der Waals surface area contributed by atoms with Crippen molar-refractivity contribution in [2.75, 3.05) is 0 Å². The summed E-state index contributed by atoms with van der Waals surface area (Å²) in [5.41, 5.74) is 5.01. The molecule has 2 heteroatoms. The molecule has 1 heterocycles. The third kappa shape index (κ3) is 10.3. The van der Waals surface area contributed by atoms with Gasteiger partial charge in [-0.25, -0.2) is 9.97 Å². The fraction of sp³-hybridized carbons (Fsp3) is 0.706. The van der Waals surface area contributed by atoms with Crippen LogP contribution in [-0.2, 0) is 12.8 Å². The molecule has 1 aromatic heterocycles. The SMILES string of the molecule is CCCCCCCCCCCCc1ccc(-c2cnc(CC[C@H]3CC[C@H](CCC)CC3)nc2C)cc1. The molecule has 0 aliphatic heterocycles. The van der Waals surface area contributed by atoms with Gasteiger partial charge < -0.3 is 0 Å². The van der Waals surface area contributed by atoms with Gasteiger partial charge in [0.15, 0.2) is 0 Å². The van der Waals surface area contributed by atoms with Crippen LogP contribution in [0.3, 0.4) is 0 Å². The van der Waals surface area contributed by atoms with E-state index < -0.39 is 0 Å². The van der Waals surface area contributed by atoms with Gasteiger partial charge in [0.25, 0.3) is 0 Å². The van der Waals surface area contributed by atoms with Crippen molar-refractivity contribution in [1.82, 2.24) is 9.97 Å². The van der Waals surface area contributed by atoms with Crippen LogP contribution in [0.1, 0.15) is 140 Å². The fourth-order valence-electron chi connectivity index (χ4n) is 6.14. The smallest absolute Gasteiger partial charge is 0.128 e. The van der Waals surface area contributed by atoms with Crippen LogP contribution in [0.25, 0.3) is 11.1 Å². The van der Waals surface area contributed by atoms with Gasteiger partial charge in [-0.15, -0.1) is 0 Å². The Morgan fingerprint density at radius 2 is 1.25 bits per heavy atom. The lowest BCUT2D eigenvalue weighted by molar-refractivity contribution is 0.251. The van der Waals surface area contributed by atoms with Crippen LogP contribution < -0.4 is 0 Å². The maximum Gasteiger partial charge on any atom is 0.128 e. The van der Waals surface area contributed by atoms with Gasteiger partial charge in [0.05, 0.1) is 0 Å². The Morgan fingerprint density at radius 1 is 0.667 bits per heavy atom. The van der Waals surface area contributed by atoms with E-state index in [-0.39, 0.29) is 0 Å². The molecule has 0 N–H and O–H groups in total. The minimum absolute atomic E-state index is 0.879. The second-order valence-corrected chi connectivity index (χ2v) is 11.6. The molecular weight excluding hydrogens is 436 g/mol. The van der Waals surface area contributed by atoms with Gasteiger partial charge in [-0.05, 0) is 49.1 Å². The summed E-state index contributed by atoms with van der Waals surface area (Å²) in [6.45, 7) is 6.76. The third-order valence-corrected chi connectivity index (χ3v) is 8.55. The van der Waals surface area contributed by atoms with Crippen LogP contribution in [0.5, 0.6) is 0 Å². The lowest BCUT2D eigenvalue weighted by atomic mass is 9.78. The number of nitrogens with zero attached hydrogens (tertiary/aromatic N) is 2. The summed E-state index contributed by atoms with van der Waals surface area (Å²) in [5, 5.41) is 0. The molecule has 2 nitrogen and oxygen atoms in total. The van der Waals surface area contributed by atoms with Crippen LogP contribution in [-0.4, -0.2) is 9.97 Å². The lowest BCUT2D eigenvalue weighted by Crippen LogP contribution is -2.15. The van der Waals surface area contributed by atoms with Crippen molar-refractivity contribution in [3.8, 4) is 11.1 Å². The van der Waals surface area contributed by atoms with E-state index in [1.165, 1.54) is 132 Å². The summed E-state index contributed by atoms with van der Waals surface area (Å²) in [6, 6.07) is 9.16. The molecule has 0 saturated heterocycles. The second kappa shape index (κ2) is 16.9. The molecule has 0 spiro atoms. The van der Waals surface area contributed by atoms with E-state index in [0.717, 1.165) is 29.8 Å². The fourth-order valence-corrected chi connectivity index (χ4v) is 6.14. The summed E-state index contributed by atoms with van der Waals surface area (Å²) in [7, 11) is 0. The highest BCUT2D eigenvalue weighted by atomic mass is 14.9. The van der Waals surface area contributed by atoms with E-state index in [9.17, 15) is 0 Å². The van der Waals surface area contributed by atoms with Crippen molar-refractivity contribution in [1.29, 1.82) is 0 Å². The highest BCUT2D eigenvalue weighted by Crippen LogP contribution is 2.33. The predicted octanol–water partition coefficient (Wildman–Crippen LogP) is 10.5. The molecule has 200 valence electrons. The van der Waals surface area contributed by atoms with Crippen molar-refractivity contribution in [2.45, 2.75) is 143 Å². The highest BCUT2D eigenvalue weighted by molar-refractivity contribution is 5.65. The Kier molecular flexibility index (Phi) is 13.6. The van der Waals surface area contributed by atoms with E-state index in [4.69, 9.17) is 9.97 Å². The number of benzene rings is 1. The maximum atomic E-state index is 4.90. The lowest BCUT2D eigenvalue weighted by Gasteiger charge is -2.28. The number of hydrogen-bond acceptors (Lipinski definition) is 2. The van der Waals surface area contributed by atoms with Crippen molar-refractivity contribution >= 4 is 0 Å². The average Bonchev–Trinajstić information content (AvgIpc) is 2.90. The van der Waals surface area contributed by atoms with Crippen molar-refractivity contribution in [3.63, 3.8) is 0 Å². The summed E-state index contributed by atoms with van der Waals surface area (Å²) < 4.78 is 0. The summed E-state index contributed by atoms with van der Waals surface area (Å²) in [5.74, 6) is 2.90. The molecule has 2 aromatic rings. The van der Waals surface area contributed by atoms with E-state index in [0.29, 0.717) is 0 Å². The summed E-state index contributed by atoms with van der Waals surface area (Å²) in [4.78, 5) is 9.66. The zero-order valence-corrected chi connectivity index (χ0v) is 23.9.